The zero-order valence-corrected chi connectivity index (χ0v) is 11.4. The lowest BCUT2D eigenvalue weighted by molar-refractivity contribution is 0.216. The van der Waals surface area contributed by atoms with Crippen molar-refractivity contribution in [3.05, 3.63) is 29.6 Å². The van der Waals surface area contributed by atoms with Crippen LogP contribution in [-0.2, 0) is 10.0 Å². The molecule has 1 aromatic rings. The van der Waals surface area contributed by atoms with Crippen molar-refractivity contribution < 1.29 is 17.9 Å². The number of hydrogen-bond acceptors (Lipinski definition) is 4. The van der Waals surface area contributed by atoms with E-state index in [0.717, 1.165) is 18.2 Å². The monoisotopic (exact) mass is 286 g/mol. The molecular formula is C12H15FN2O3S. The third-order valence-electron chi connectivity index (χ3n) is 2.85. The van der Waals surface area contributed by atoms with Crippen LogP contribution in [0, 0.1) is 23.1 Å². The fraction of sp³-hybridized carbons (Fsp3) is 0.417. The van der Waals surface area contributed by atoms with E-state index >= 15 is 0 Å². The van der Waals surface area contributed by atoms with Crippen molar-refractivity contribution in [3.8, 4) is 6.07 Å². The van der Waals surface area contributed by atoms with Crippen LogP contribution in [0.5, 0.6) is 0 Å². The molecule has 7 heteroatoms. The van der Waals surface area contributed by atoms with Crippen LogP contribution < -0.4 is 4.72 Å². The van der Waals surface area contributed by atoms with E-state index in [0.29, 0.717) is 0 Å². The first kappa shape index (κ1) is 15.6. The number of halogens is 1. The maximum Gasteiger partial charge on any atom is 0.240 e. The van der Waals surface area contributed by atoms with Crippen LogP contribution in [0.15, 0.2) is 23.1 Å². The molecule has 5 nitrogen and oxygen atoms in total. The molecule has 0 saturated heterocycles. The number of nitrogens with zero attached hydrogens (tertiary/aromatic N) is 1. The standard InChI is InChI=1S/C12H15FN2O3S/c1-8(7-16)9(2)15-19(17,18)11-3-4-12(13)10(5-11)6-14/h3-5,8-9,15-16H,7H2,1-2H3. The first-order valence-corrected chi connectivity index (χ1v) is 7.13. The van der Waals surface area contributed by atoms with Crippen molar-refractivity contribution in [2.24, 2.45) is 5.92 Å². The number of benzene rings is 1. The summed E-state index contributed by atoms with van der Waals surface area (Å²) < 4.78 is 39.5. The molecule has 0 aliphatic carbocycles. The van der Waals surface area contributed by atoms with Gasteiger partial charge >= 0.3 is 0 Å². The molecule has 1 rings (SSSR count). The zero-order valence-electron chi connectivity index (χ0n) is 10.6. The Kier molecular flexibility index (Phi) is 5.00. The number of aliphatic hydroxyl groups is 1. The predicted octanol–water partition coefficient (Wildman–Crippen LogP) is 0.993. The molecule has 0 radical (unpaired) electrons. The summed E-state index contributed by atoms with van der Waals surface area (Å²) in [7, 11) is -3.84. The highest BCUT2D eigenvalue weighted by Gasteiger charge is 2.21. The van der Waals surface area contributed by atoms with Gasteiger partial charge < -0.3 is 5.11 Å². The highest BCUT2D eigenvalue weighted by Crippen LogP contribution is 2.15. The largest absolute Gasteiger partial charge is 0.396 e. The Morgan fingerprint density at radius 2 is 2.11 bits per heavy atom. The lowest BCUT2D eigenvalue weighted by Gasteiger charge is -2.19. The van der Waals surface area contributed by atoms with Gasteiger partial charge in [-0.1, -0.05) is 6.92 Å². The fourth-order valence-electron chi connectivity index (χ4n) is 1.34. The summed E-state index contributed by atoms with van der Waals surface area (Å²) in [6.45, 7) is 3.16. The van der Waals surface area contributed by atoms with Gasteiger partial charge in [0.15, 0.2) is 0 Å². The van der Waals surface area contributed by atoms with Crippen molar-refractivity contribution in [2.75, 3.05) is 6.61 Å². The van der Waals surface area contributed by atoms with Gasteiger partial charge in [0.25, 0.3) is 0 Å². The lowest BCUT2D eigenvalue weighted by atomic mass is 10.1. The van der Waals surface area contributed by atoms with E-state index in [9.17, 15) is 12.8 Å². The number of nitriles is 1. The minimum absolute atomic E-state index is 0.156. The summed E-state index contributed by atoms with van der Waals surface area (Å²) in [5.41, 5.74) is -0.328. The zero-order chi connectivity index (χ0) is 14.6. The van der Waals surface area contributed by atoms with Gasteiger partial charge in [-0.25, -0.2) is 17.5 Å². The third-order valence-corrected chi connectivity index (χ3v) is 4.41. The molecule has 2 N–H and O–H groups in total. The molecule has 0 aliphatic rings. The van der Waals surface area contributed by atoms with E-state index in [4.69, 9.17) is 10.4 Å². The van der Waals surface area contributed by atoms with Gasteiger partial charge in [-0.05, 0) is 31.0 Å². The normalized spacial score (nSPS) is 14.7. The van der Waals surface area contributed by atoms with E-state index in [1.54, 1.807) is 19.9 Å². The molecule has 0 amide bonds. The molecule has 0 aliphatic heterocycles. The molecular weight excluding hydrogens is 271 g/mol. The van der Waals surface area contributed by atoms with Crippen LogP contribution in [0.2, 0.25) is 0 Å². The first-order chi connectivity index (χ1) is 8.81. The molecule has 0 bridgehead atoms. The topological polar surface area (TPSA) is 90.2 Å². The smallest absolute Gasteiger partial charge is 0.240 e. The number of sulfonamides is 1. The molecule has 19 heavy (non-hydrogen) atoms. The molecule has 1 aromatic carbocycles. The van der Waals surface area contributed by atoms with Gasteiger partial charge in [-0.2, -0.15) is 5.26 Å². The van der Waals surface area contributed by atoms with E-state index in [1.807, 2.05) is 0 Å². The Morgan fingerprint density at radius 1 is 1.47 bits per heavy atom. The summed E-state index contributed by atoms with van der Waals surface area (Å²) >= 11 is 0. The maximum absolute atomic E-state index is 13.1. The number of rotatable bonds is 5. The summed E-state index contributed by atoms with van der Waals surface area (Å²) in [5.74, 6) is -1.02. The molecule has 0 spiro atoms. The minimum Gasteiger partial charge on any atom is -0.396 e. The van der Waals surface area contributed by atoms with Crippen LogP contribution in [0.25, 0.3) is 0 Å². The van der Waals surface area contributed by atoms with E-state index < -0.39 is 21.9 Å². The van der Waals surface area contributed by atoms with E-state index in [2.05, 4.69) is 4.72 Å². The average Bonchev–Trinajstić information content (AvgIpc) is 2.37. The second-order valence-corrected chi connectivity index (χ2v) is 6.04. The Bertz CT molecular complexity index is 595. The van der Waals surface area contributed by atoms with Crippen molar-refractivity contribution in [1.29, 1.82) is 5.26 Å². The van der Waals surface area contributed by atoms with Crippen LogP contribution in [0.4, 0.5) is 4.39 Å². The molecule has 0 aromatic heterocycles. The van der Waals surface area contributed by atoms with E-state index in [-0.39, 0.29) is 23.0 Å². The van der Waals surface area contributed by atoms with Gasteiger partial charge in [0, 0.05) is 12.6 Å². The van der Waals surface area contributed by atoms with Crippen LogP contribution in [-0.4, -0.2) is 26.2 Å². The Hall–Kier alpha value is -1.49. The quantitative estimate of drug-likeness (QED) is 0.844. The van der Waals surface area contributed by atoms with Crippen molar-refractivity contribution in [1.82, 2.24) is 4.72 Å². The van der Waals surface area contributed by atoms with E-state index in [1.165, 1.54) is 0 Å². The fourth-order valence-corrected chi connectivity index (χ4v) is 2.72. The number of nitrogens with one attached hydrogen (secondary N) is 1. The SMILES string of the molecule is CC(CO)C(C)NS(=O)(=O)c1ccc(F)c(C#N)c1. The third kappa shape index (κ3) is 3.73. The van der Waals surface area contributed by atoms with Gasteiger partial charge in [0.05, 0.1) is 10.5 Å². The summed E-state index contributed by atoms with van der Waals surface area (Å²) in [5, 5.41) is 17.6. The average molecular weight is 286 g/mol. The molecule has 104 valence electrons. The summed E-state index contributed by atoms with van der Waals surface area (Å²) in [6.07, 6.45) is 0. The lowest BCUT2D eigenvalue weighted by Crippen LogP contribution is -2.38. The van der Waals surface area contributed by atoms with Gasteiger partial charge in [-0.3, -0.25) is 0 Å². The molecule has 2 atom stereocenters. The van der Waals surface area contributed by atoms with Crippen molar-refractivity contribution in [3.63, 3.8) is 0 Å². The van der Waals surface area contributed by atoms with Crippen LogP contribution >= 0.6 is 0 Å². The summed E-state index contributed by atoms with van der Waals surface area (Å²) in [4.78, 5) is -0.178. The van der Waals surface area contributed by atoms with Crippen molar-refractivity contribution >= 4 is 10.0 Å². The first-order valence-electron chi connectivity index (χ1n) is 5.64. The Labute approximate surface area is 111 Å². The minimum atomic E-state index is -3.84. The highest BCUT2D eigenvalue weighted by atomic mass is 32.2. The highest BCUT2D eigenvalue weighted by molar-refractivity contribution is 7.89. The number of hydrogen-bond donors (Lipinski definition) is 2. The molecule has 0 heterocycles. The Morgan fingerprint density at radius 3 is 2.63 bits per heavy atom. The molecule has 0 saturated carbocycles. The van der Waals surface area contributed by atoms with Gasteiger partial charge in [-0.15, -0.1) is 0 Å². The second kappa shape index (κ2) is 6.10. The molecule has 0 fully saturated rings. The predicted molar refractivity (Wildman–Crippen MR) is 67.1 cm³/mol. The second-order valence-electron chi connectivity index (χ2n) is 4.32. The van der Waals surface area contributed by atoms with Crippen LogP contribution in [0.1, 0.15) is 19.4 Å². The Balaban J connectivity index is 3.05. The number of aliphatic hydroxyl groups excluding tert-OH is 1. The molecule has 2 unspecified atom stereocenters. The van der Waals surface area contributed by atoms with Crippen molar-refractivity contribution in [2.45, 2.75) is 24.8 Å². The van der Waals surface area contributed by atoms with Gasteiger partial charge in [0.2, 0.25) is 10.0 Å². The van der Waals surface area contributed by atoms with Gasteiger partial charge in [0.1, 0.15) is 11.9 Å². The summed E-state index contributed by atoms with van der Waals surface area (Å²) in [6, 6.07) is 4.12. The van der Waals surface area contributed by atoms with Crippen LogP contribution in [0.3, 0.4) is 0 Å². The maximum atomic E-state index is 13.1.